The maximum atomic E-state index is 9.61. The van der Waals surface area contributed by atoms with Crippen LogP contribution in [0.25, 0.3) is 22.0 Å². The van der Waals surface area contributed by atoms with Crippen molar-refractivity contribution in [1.82, 2.24) is 4.98 Å². The molecule has 0 radical (unpaired) electrons. The van der Waals surface area contributed by atoms with Crippen molar-refractivity contribution in [3.05, 3.63) is 59.8 Å². The Labute approximate surface area is 127 Å². The molecule has 0 saturated heterocycles. The van der Waals surface area contributed by atoms with Crippen molar-refractivity contribution < 1.29 is 4.74 Å². The second-order valence-corrected chi connectivity index (χ2v) is 4.68. The third kappa shape index (κ3) is 2.13. The van der Waals surface area contributed by atoms with Crippen LogP contribution in [0.1, 0.15) is 11.3 Å². The lowest BCUT2D eigenvalue weighted by Gasteiger charge is -2.10. The summed E-state index contributed by atoms with van der Waals surface area (Å²) in [6.07, 6.45) is 0. The number of hydrogen-bond donors (Lipinski definition) is 0. The Hall–Kier alpha value is -3.37. The Balaban J connectivity index is 2.42. The van der Waals surface area contributed by atoms with Crippen molar-refractivity contribution in [2.45, 2.75) is 0 Å². The quantitative estimate of drug-likeness (QED) is 0.720. The Morgan fingerprint density at radius 3 is 2.41 bits per heavy atom. The zero-order valence-corrected chi connectivity index (χ0v) is 11.9. The first-order chi connectivity index (χ1) is 10.8. The zero-order valence-electron chi connectivity index (χ0n) is 11.9. The Morgan fingerprint density at radius 1 is 1.00 bits per heavy atom. The third-order valence-corrected chi connectivity index (χ3v) is 3.47. The summed E-state index contributed by atoms with van der Waals surface area (Å²) in [4.78, 5) is 4.40. The van der Waals surface area contributed by atoms with Gasteiger partial charge in [0.05, 0.1) is 18.2 Å². The van der Waals surface area contributed by atoms with Crippen LogP contribution in [0, 0.1) is 22.7 Å². The fraction of sp³-hybridized carbons (Fsp3) is 0.0556. The monoisotopic (exact) mass is 285 g/mol. The maximum absolute atomic E-state index is 9.61. The van der Waals surface area contributed by atoms with Crippen molar-refractivity contribution >= 4 is 10.9 Å². The number of aromatic nitrogens is 1. The molecule has 0 fully saturated rings. The molecular weight excluding hydrogens is 274 g/mol. The number of nitriles is 2. The number of hydrogen-bond acceptors (Lipinski definition) is 4. The van der Waals surface area contributed by atoms with Gasteiger partial charge in [0, 0.05) is 17.0 Å². The van der Waals surface area contributed by atoms with Gasteiger partial charge in [-0.25, -0.2) is 4.98 Å². The van der Waals surface area contributed by atoms with Gasteiger partial charge in [0.1, 0.15) is 23.6 Å². The SMILES string of the molecule is COc1ccc2c(C#N)c(-c3ccccc3)c(C#N)nc2c1. The molecule has 0 amide bonds. The summed E-state index contributed by atoms with van der Waals surface area (Å²) in [5.41, 5.74) is 2.65. The summed E-state index contributed by atoms with van der Waals surface area (Å²) in [5, 5.41) is 19.7. The Bertz CT molecular complexity index is 934. The van der Waals surface area contributed by atoms with Gasteiger partial charge in [-0.05, 0) is 17.7 Å². The molecule has 0 aliphatic carbocycles. The van der Waals surface area contributed by atoms with Crippen LogP contribution in [-0.2, 0) is 0 Å². The second-order valence-electron chi connectivity index (χ2n) is 4.68. The number of pyridine rings is 1. The summed E-state index contributed by atoms with van der Waals surface area (Å²) in [6, 6.07) is 19.0. The molecule has 22 heavy (non-hydrogen) atoms. The highest BCUT2D eigenvalue weighted by Gasteiger charge is 2.16. The molecule has 0 unspecified atom stereocenters. The van der Waals surface area contributed by atoms with E-state index in [-0.39, 0.29) is 5.69 Å². The number of nitrogens with zero attached hydrogens (tertiary/aromatic N) is 3. The Kier molecular flexibility index (Phi) is 3.43. The summed E-state index contributed by atoms with van der Waals surface area (Å²) in [6.45, 7) is 0. The predicted molar refractivity (Wildman–Crippen MR) is 83.2 cm³/mol. The van der Waals surface area contributed by atoms with Crippen molar-refractivity contribution in [3.8, 4) is 29.0 Å². The first kappa shape index (κ1) is 13.6. The molecular formula is C18H11N3O. The van der Waals surface area contributed by atoms with Gasteiger partial charge < -0.3 is 4.74 Å². The molecule has 0 atom stereocenters. The van der Waals surface area contributed by atoms with E-state index in [0.29, 0.717) is 27.8 Å². The number of benzene rings is 2. The molecule has 0 N–H and O–H groups in total. The van der Waals surface area contributed by atoms with Crippen LogP contribution >= 0.6 is 0 Å². The number of ether oxygens (including phenoxy) is 1. The van der Waals surface area contributed by atoms with E-state index < -0.39 is 0 Å². The summed E-state index contributed by atoms with van der Waals surface area (Å²) < 4.78 is 5.18. The standard InChI is InChI=1S/C18H11N3O/c1-22-13-7-8-14-15(10-19)18(12-5-3-2-4-6-12)17(11-20)21-16(14)9-13/h2-9H,1H3. The maximum Gasteiger partial charge on any atom is 0.150 e. The van der Waals surface area contributed by atoms with Gasteiger partial charge in [-0.3, -0.25) is 0 Å². The lowest BCUT2D eigenvalue weighted by Crippen LogP contribution is -1.97. The fourth-order valence-corrected chi connectivity index (χ4v) is 2.45. The number of rotatable bonds is 2. The van der Waals surface area contributed by atoms with E-state index in [0.717, 1.165) is 5.56 Å². The van der Waals surface area contributed by atoms with E-state index in [4.69, 9.17) is 4.74 Å². The molecule has 2 aromatic carbocycles. The highest BCUT2D eigenvalue weighted by atomic mass is 16.5. The molecule has 1 aromatic heterocycles. The van der Waals surface area contributed by atoms with E-state index >= 15 is 0 Å². The van der Waals surface area contributed by atoms with E-state index in [1.54, 1.807) is 25.3 Å². The lowest BCUT2D eigenvalue weighted by atomic mass is 9.95. The summed E-state index contributed by atoms with van der Waals surface area (Å²) in [7, 11) is 1.57. The van der Waals surface area contributed by atoms with E-state index in [1.807, 2.05) is 30.3 Å². The number of fused-ring (bicyclic) bond motifs is 1. The predicted octanol–water partition coefficient (Wildman–Crippen LogP) is 3.65. The molecule has 0 aliphatic rings. The van der Waals surface area contributed by atoms with Crippen molar-refractivity contribution in [2.75, 3.05) is 7.11 Å². The molecule has 3 rings (SSSR count). The van der Waals surface area contributed by atoms with Gasteiger partial charge in [-0.15, -0.1) is 0 Å². The molecule has 1 heterocycles. The first-order valence-corrected chi connectivity index (χ1v) is 6.66. The van der Waals surface area contributed by atoms with Crippen LogP contribution < -0.4 is 4.74 Å². The van der Waals surface area contributed by atoms with Crippen molar-refractivity contribution in [2.24, 2.45) is 0 Å². The molecule has 4 nitrogen and oxygen atoms in total. The highest BCUT2D eigenvalue weighted by Crippen LogP contribution is 2.32. The van der Waals surface area contributed by atoms with Gasteiger partial charge in [0.15, 0.2) is 0 Å². The minimum absolute atomic E-state index is 0.239. The molecule has 0 bridgehead atoms. The van der Waals surface area contributed by atoms with Crippen LogP contribution in [0.3, 0.4) is 0 Å². The molecule has 0 saturated carbocycles. The molecule has 4 heteroatoms. The van der Waals surface area contributed by atoms with Gasteiger partial charge in [0.25, 0.3) is 0 Å². The lowest BCUT2D eigenvalue weighted by molar-refractivity contribution is 0.415. The molecule has 0 spiro atoms. The highest BCUT2D eigenvalue weighted by molar-refractivity contribution is 5.94. The fourth-order valence-electron chi connectivity index (χ4n) is 2.45. The zero-order chi connectivity index (χ0) is 15.5. The second kappa shape index (κ2) is 5.55. The van der Waals surface area contributed by atoms with E-state index in [9.17, 15) is 10.5 Å². The normalized spacial score (nSPS) is 9.95. The van der Waals surface area contributed by atoms with Crippen LogP contribution in [0.2, 0.25) is 0 Å². The Morgan fingerprint density at radius 2 is 1.77 bits per heavy atom. The average molecular weight is 285 g/mol. The van der Waals surface area contributed by atoms with Gasteiger partial charge >= 0.3 is 0 Å². The molecule has 0 aliphatic heterocycles. The minimum Gasteiger partial charge on any atom is -0.497 e. The van der Waals surface area contributed by atoms with Crippen molar-refractivity contribution in [1.29, 1.82) is 10.5 Å². The van der Waals surface area contributed by atoms with Crippen LogP contribution in [0.4, 0.5) is 0 Å². The first-order valence-electron chi connectivity index (χ1n) is 6.66. The minimum atomic E-state index is 0.239. The van der Waals surface area contributed by atoms with Crippen LogP contribution in [-0.4, -0.2) is 12.1 Å². The van der Waals surface area contributed by atoms with Crippen molar-refractivity contribution in [3.63, 3.8) is 0 Å². The van der Waals surface area contributed by atoms with Gasteiger partial charge in [-0.1, -0.05) is 30.3 Å². The molecule has 104 valence electrons. The largest absolute Gasteiger partial charge is 0.497 e. The van der Waals surface area contributed by atoms with E-state index in [1.165, 1.54) is 0 Å². The topological polar surface area (TPSA) is 69.7 Å². The van der Waals surface area contributed by atoms with Gasteiger partial charge in [0.2, 0.25) is 0 Å². The summed E-state index contributed by atoms with van der Waals surface area (Å²) >= 11 is 0. The molecule has 3 aromatic rings. The van der Waals surface area contributed by atoms with Crippen LogP contribution in [0.5, 0.6) is 5.75 Å². The smallest absolute Gasteiger partial charge is 0.150 e. The van der Waals surface area contributed by atoms with Crippen LogP contribution in [0.15, 0.2) is 48.5 Å². The third-order valence-electron chi connectivity index (χ3n) is 3.47. The summed E-state index contributed by atoms with van der Waals surface area (Å²) in [5.74, 6) is 0.639. The van der Waals surface area contributed by atoms with E-state index in [2.05, 4.69) is 17.1 Å². The number of methoxy groups -OCH3 is 1. The van der Waals surface area contributed by atoms with Gasteiger partial charge in [-0.2, -0.15) is 10.5 Å². The average Bonchev–Trinajstić information content (AvgIpc) is 2.60.